The van der Waals surface area contributed by atoms with Gasteiger partial charge in [0.25, 0.3) is 0 Å². The highest BCUT2D eigenvalue weighted by Crippen LogP contribution is 2.78. The molecule has 8 aliphatic rings. The zero-order chi connectivity index (χ0) is 17.4. The van der Waals surface area contributed by atoms with Crippen LogP contribution in [0.5, 0.6) is 0 Å². The summed E-state index contributed by atoms with van der Waals surface area (Å²) >= 11 is 0. The smallest absolute Gasteiger partial charge is 0.00815 e. The van der Waals surface area contributed by atoms with Crippen LogP contribution in [0, 0.1) is 35.5 Å². The Bertz CT molecular complexity index is 460. The summed E-state index contributed by atoms with van der Waals surface area (Å²) < 4.78 is 0. The maximum Gasteiger partial charge on any atom is -0.00815 e. The van der Waals surface area contributed by atoms with E-state index in [-0.39, 0.29) is 7.92 Å². The molecule has 8 aliphatic carbocycles. The van der Waals surface area contributed by atoms with Crippen LogP contribution in [0.25, 0.3) is 0 Å². The van der Waals surface area contributed by atoms with E-state index in [0.717, 1.165) is 45.8 Å². The van der Waals surface area contributed by atoms with Crippen LogP contribution in [0.1, 0.15) is 89.9 Å². The van der Waals surface area contributed by atoms with E-state index in [1.807, 2.05) is 0 Å². The largest absolute Gasteiger partial charge is 0.103 e. The molecule has 0 amide bonds. The van der Waals surface area contributed by atoms with E-state index in [1.54, 1.807) is 83.2 Å². The fourth-order valence-corrected chi connectivity index (χ4v) is 15.5. The highest BCUT2D eigenvalue weighted by atomic mass is 31.1. The lowest BCUT2D eigenvalue weighted by atomic mass is 9.55. The van der Waals surface area contributed by atoms with Gasteiger partial charge in [-0.3, -0.25) is 0 Å². The molecule has 8 rings (SSSR count). The Morgan fingerprint density at radius 2 is 1.00 bits per heavy atom. The first-order valence-electron chi connectivity index (χ1n) is 12.0. The predicted octanol–water partition coefficient (Wildman–Crippen LogP) is 7.37. The second kappa shape index (κ2) is 6.08. The van der Waals surface area contributed by atoms with Crippen molar-refractivity contribution in [2.45, 2.75) is 100 Å². The second-order valence-corrected chi connectivity index (χ2v) is 15.1. The molecule has 0 nitrogen and oxygen atoms in total. The van der Waals surface area contributed by atoms with Gasteiger partial charge in [-0.05, 0) is 142 Å². The average Bonchev–Trinajstić information content (AvgIpc) is 2.56. The number of rotatable bonds is 6. The van der Waals surface area contributed by atoms with Crippen molar-refractivity contribution >= 4 is 7.92 Å². The Hall–Kier alpha value is 0.170. The van der Waals surface area contributed by atoms with Crippen molar-refractivity contribution in [2.75, 3.05) is 6.16 Å². The van der Waals surface area contributed by atoms with Crippen molar-refractivity contribution in [2.24, 2.45) is 35.5 Å². The van der Waals surface area contributed by atoms with Gasteiger partial charge in [-0.25, -0.2) is 0 Å². The van der Waals surface area contributed by atoms with Gasteiger partial charge in [-0.1, -0.05) is 14.0 Å². The molecular weight excluding hydrogens is 331 g/mol. The third-order valence-electron chi connectivity index (χ3n) is 9.95. The summed E-state index contributed by atoms with van der Waals surface area (Å²) in [6, 6.07) is 0. The molecule has 0 heterocycles. The molecule has 8 saturated carbocycles. The van der Waals surface area contributed by atoms with Crippen molar-refractivity contribution < 1.29 is 0 Å². The molecular formula is C25H39P. The zero-order valence-electron chi connectivity index (χ0n) is 16.8. The summed E-state index contributed by atoms with van der Waals surface area (Å²) in [5.74, 6) is 6.83. The quantitative estimate of drug-likeness (QED) is 0.260. The highest BCUT2D eigenvalue weighted by Gasteiger charge is 2.62. The summed E-state index contributed by atoms with van der Waals surface area (Å²) in [5, 5.41) is 1.69. The molecule has 1 heteroatoms. The van der Waals surface area contributed by atoms with Gasteiger partial charge in [0.05, 0.1) is 0 Å². The minimum atomic E-state index is 0.232. The average molecular weight is 371 g/mol. The minimum Gasteiger partial charge on any atom is -0.103 e. The minimum absolute atomic E-state index is 0.232. The molecule has 0 unspecified atom stereocenters. The molecule has 0 atom stereocenters. The van der Waals surface area contributed by atoms with Crippen LogP contribution < -0.4 is 0 Å². The second-order valence-electron chi connectivity index (χ2n) is 11.9. The van der Waals surface area contributed by atoms with Crippen molar-refractivity contribution in [1.82, 2.24) is 0 Å². The van der Waals surface area contributed by atoms with Crippen molar-refractivity contribution in [1.29, 1.82) is 0 Å². The number of unbranched alkanes of at least 4 members (excludes halogenated alkanes) is 1. The summed E-state index contributed by atoms with van der Waals surface area (Å²) in [5.41, 5.74) is 0. The molecule has 0 radical (unpaired) electrons. The zero-order valence-corrected chi connectivity index (χ0v) is 17.7. The number of allylic oxidation sites excluding steroid dienone is 1. The lowest BCUT2D eigenvalue weighted by Crippen LogP contribution is -2.56. The van der Waals surface area contributed by atoms with Crippen LogP contribution in [-0.4, -0.2) is 16.5 Å². The molecule has 0 saturated heterocycles. The third-order valence-corrected chi connectivity index (χ3v) is 14.1. The highest BCUT2D eigenvalue weighted by molar-refractivity contribution is 7.61. The third kappa shape index (κ3) is 2.56. The molecule has 144 valence electrons. The summed E-state index contributed by atoms with van der Waals surface area (Å²) in [4.78, 5) is 0. The van der Waals surface area contributed by atoms with Gasteiger partial charge in [0, 0.05) is 0 Å². The van der Waals surface area contributed by atoms with Crippen LogP contribution in [0.15, 0.2) is 12.7 Å². The number of hydrogen-bond acceptors (Lipinski definition) is 0. The van der Waals surface area contributed by atoms with Crippen molar-refractivity contribution in [3.8, 4) is 0 Å². The van der Waals surface area contributed by atoms with Gasteiger partial charge >= 0.3 is 0 Å². The van der Waals surface area contributed by atoms with Gasteiger partial charge in [-0.2, -0.15) is 0 Å². The molecule has 26 heavy (non-hydrogen) atoms. The molecule has 0 aliphatic heterocycles. The fraction of sp³-hybridized carbons (Fsp3) is 0.920. The Kier molecular flexibility index (Phi) is 3.99. The fourth-order valence-electron chi connectivity index (χ4n) is 10.2. The monoisotopic (exact) mass is 370 g/mol. The van der Waals surface area contributed by atoms with Gasteiger partial charge in [0.2, 0.25) is 0 Å². The Morgan fingerprint density at radius 1 is 0.654 bits per heavy atom. The van der Waals surface area contributed by atoms with Gasteiger partial charge in [0.15, 0.2) is 0 Å². The van der Waals surface area contributed by atoms with Crippen molar-refractivity contribution in [3.63, 3.8) is 0 Å². The lowest BCUT2D eigenvalue weighted by Gasteiger charge is -2.67. The van der Waals surface area contributed by atoms with Crippen molar-refractivity contribution in [3.05, 3.63) is 12.7 Å². The van der Waals surface area contributed by atoms with Crippen LogP contribution >= 0.6 is 7.92 Å². The van der Waals surface area contributed by atoms with E-state index in [2.05, 4.69) is 12.7 Å². The van der Waals surface area contributed by atoms with Gasteiger partial charge in [-0.15, -0.1) is 6.58 Å². The van der Waals surface area contributed by atoms with Crippen LogP contribution in [0.4, 0.5) is 0 Å². The number of hydrogen-bond donors (Lipinski definition) is 0. The Morgan fingerprint density at radius 3 is 1.31 bits per heavy atom. The first-order valence-corrected chi connectivity index (χ1v) is 13.6. The van der Waals surface area contributed by atoms with Crippen LogP contribution in [0.3, 0.4) is 0 Å². The molecule has 0 aromatic rings. The summed E-state index contributed by atoms with van der Waals surface area (Å²) in [6.45, 7) is 4.05. The van der Waals surface area contributed by atoms with Gasteiger partial charge in [0.1, 0.15) is 0 Å². The van der Waals surface area contributed by atoms with E-state index in [9.17, 15) is 0 Å². The maximum absolute atomic E-state index is 4.05. The first kappa shape index (κ1) is 17.1. The van der Waals surface area contributed by atoms with Crippen LogP contribution in [-0.2, 0) is 0 Å². The first-order chi connectivity index (χ1) is 12.7. The van der Waals surface area contributed by atoms with E-state index >= 15 is 0 Å². The molecule has 0 spiro atoms. The van der Waals surface area contributed by atoms with Gasteiger partial charge < -0.3 is 0 Å². The summed E-state index contributed by atoms with van der Waals surface area (Å²) in [6.07, 6.45) is 26.3. The van der Waals surface area contributed by atoms with E-state index in [0.29, 0.717) is 0 Å². The molecule has 8 fully saturated rings. The molecule has 0 N–H and O–H groups in total. The standard InChI is InChI=1S/C25H39P/c1-2-3-4-5-26(24-12-18-6-19(13-24)8-20(7-18)14-24)25-15-21-9-22(16-25)11-23(10-21)17-25/h2,18-23H,1,3-17H2. The Labute approximate surface area is 162 Å². The van der Waals surface area contributed by atoms with E-state index < -0.39 is 0 Å². The van der Waals surface area contributed by atoms with Crippen LogP contribution in [0.2, 0.25) is 0 Å². The molecule has 8 bridgehead atoms. The SMILES string of the molecule is C=CCCCP(C12CC3CC(CC(C3)C1)C2)C12CC3CC(CC(C3)C1)C2. The summed E-state index contributed by atoms with van der Waals surface area (Å²) in [7, 11) is 0.232. The molecule has 0 aromatic carbocycles. The predicted molar refractivity (Wildman–Crippen MR) is 113 cm³/mol. The maximum atomic E-state index is 4.05. The van der Waals surface area contributed by atoms with E-state index in [4.69, 9.17) is 0 Å². The Balaban J connectivity index is 1.35. The topological polar surface area (TPSA) is 0 Å². The lowest BCUT2D eigenvalue weighted by molar-refractivity contribution is 0.0185. The normalized spacial score (nSPS) is 54.6. The van der Waals surface area contributed by atoms with E-state index in [1.165, 1.54) is 12.8 Å². The molecule has 0 aromatic heterocycles.